The van der Waals surface area contributed by atoms with Crippen LogP contribution < -0.4 is 24.8 Å². The van der Waals surface area contributed by atoms with Gasteiger partial charge in [-0.1, -0.05) is 17.7 Å². The second-order valence-corrected chi connectivity index (χ2v) is 10.4. The Bertz CT molecular complexity index is 1720. The molecule has 2 amide bonds. The molecule has 1 heterocycles. The van der Waals surface area contributed by atoms with E-state index in [1.54, 1.807) is 42.5 Å². The molecule has 0 bridgehead atoms. The Morgan fingerprint density at radius 1 is 0.955 bits per heavy atom. The van der Waals surface area contributed by atoms with Crippen molar-refractivity contribution in [1.82, 2.24) is 4.98 Å². The van der Waals surface area contributed by atoms with Gasteiger partial charge in [-0.3, -0.25) is 19.4 Å². The van der Waals surface area contributed by atoms with Crippen molar-refractivity contribution in [1.29, 1.82) is 0 Å². The van der Waals surface area contributed by atoms with Crippen molar-refractivity contribution >= 4 is 81.2 Å². The van der Waals surface area contributed by atoms with Crippen molar-refractivity contribution in [3.63, 3.8) is 0 Å². The second-order valence-electron chi connectivity index (χ2n) is 9.92. The summed E-state index contributed by atoms with van der Waals surface area (Å²) in [4.78, 5) is 41.0. The number of methoxy groups -OCH3 is 1. The standard InChI is InChI=1S/C31H27ClFN3O7.Na.H/c1-41-26-16-21-23(17-27(26)42-13-3-6-28(37)38)34-12-9-24(21)43-25-8-7-20(15-22(25)33)36-30(40)31(10-11-31)29(39)35-19-5-2-4-18(32)14-19;;/h2,4-5,7-9,12,14-17H,3,6,10-11,13H2,1H3,(H,35,39)(H,36,40)(H,37,38);;. The second kappa shape index (κ2) is 14.3. The van der Waals surface area contributed by atoms with E-state index in [9.17, 15) is 14.4 Å². The van der Waals surface area contributed by atoms with Gasteiger partial charge in [-0.25, -0.2) is 4.39 Å². The fourth-order valence-corrected chi connectivity index (χ4v) is 4.62. The molecule has 0 radical (unpaired) electrons. The predicted octanol–water partition coefficient (Wildman–Crippen LogP) is 5.78. The molecule has 5 rings (SSSR count). The Hall–Kier alpha value is -3.90. The van der Waals surface area contributed by atoms with Crippen LogP contribution in [-0.4, -0.2) is 71.1 Å². The van der Waals surface area contributed by atoms with Crippen LogP contribution >= 0.6 is 11.6 Å². The van der Waals surface area contributed by atoms with Gasteiger partial charge in [-0.2, -0.15) is 0 Å². The number of pyridine rings is 1. The first-order valence-electron chi connectivity index (χ1n) is 13.4. The number of fused-ring (bicyclic) bond motifs is 1. The number of rotatable bonds is 12. The van der Waals surface area contributed by atoms with Gasteiger partial charge in [0.05, 0.1) is 19.2 Å². The molecule has 1 aromatic heterocycles. The van der Waals surface area contributed by atoms with E-state index in [-0.39, 0.29) is 54.0 Å². The normalized spacial score (nSPS) is 12.9. The predicted molar refractivity (Wildman–Crippen MR) is 165 cm³/mol. The van der Waals surface area contributed by atoms with E-state index in [1.807, 2.05) is 0 Å². The molecule has 10 nitrogen and oxygen atoms in total. The van der Waals surface area contributed by atoms with Crippen molar-refractivity contribution in [2.24, 2.45) is 5.41 Å². The van der Waals surface area contributed by atoms with Gasteiger partial charge in [0.25, 0.3) is 0 Å². The van der Waals surface area contributed by atoms with Crippen LogP contribution in [0.25, 0.3) is 10.9 Å². The summed E-state index contributed by atoms with van der Waals surface area (Å²) in [6.07, 6.45) is 2.51. The molecule has 0 saturated heterocycles. The van der Waals surface area contributed by atoms with E-state index in [2.05, 4.69) is 15.6 Å². The van der Waals surface area contributed by atoms with Crippen molar-refractivity contribution < 1.29 is 38.1 Å². The number of aromatic nitrogens is 1. The summed E-state index contributed by atoms with van der Waals surface area (Å²) in [6.45, 7) is 0.173. The van der Waals surface area contributed by atoms with Crippen LogP contribution in [0.2, 0.25) is 5.02 Å². The number of carbonyl (C=O) groups excluding carboxylic acids is 2. The molecule has 0 atom stereocenters. The number of hydrogen-bond donors (Lipinski definition) is 3. The van der Waals surface area contributed by atoms with Gasteiger partial charge >= 0.3 is 35.5 Å². The molecule has 13 heteroatoms. The molecule has 44 heavy (non-hydrogen) atoms. The monoisotopic (exact) mass is 631 g/mol. The SMILES string of the molecule is COc1cc2c(Oc3ccc(NC(=O)C4(C(=O)Nc5cccc(Cl)c5)CC4)cc3F)ccnc2cc1OCCCC(=O)O.[NaH]. The van der Waals surface area contributed by atoms with Gasteiger partial charge in [-0.15, -0.1) is 0 Å². The summed E-state index contributed by atoms with van der Waals surface area (Å²) in [5, 5.41) is 15.2. The first kappa shape index (κ1) is 33.0. The van der Waals surface area contributed by atoms with Crippen LogP contribution in [-0.2, 0) is 14.4 Å². The van der Waals surface area contributed by atoms with Gasteiger partial charge in [-0.05, 0) is 61.7 Å². The van der Waals surface area contributed by atoms with E-state index >= 15 is 4.39 Å². The van der Waals surface area contributed by atoms with Crippen LogP contribution in [0.1, 0.15) is 25.7 Å². The Balaban J connectivity index is 0.00000442. The topological polar surface area (TPSA) is 136 Å². The third kappa shape index (κ3) is 7.59. The molecule has 224 valence electrons. The molecule has 1 aliphatic rings. The molecular formula is C31H28ClFN3NaO7. The molecule has 1 fully saturated rings. The number of ether oxygens (including phenoxy) is 3. The van der Waals surface area contributed by atoms with E-state index in [1.165, 1.54) is 25.4 Å². The molecule has 4 aromatic rings. The van der Waals surface area contributed by atoms with Crippen LogP contribution in [0.15, 0.2) is 66.9 Å². The van der Waals surface area contributed by atoms with E-state index in [0.29, 0.717) is 58.1 Å². The first-order valence-corrected chi connectivity index (χ1v) is 13.7. The van der Waals surface area contributed by atoms with Gasteiger partial charge in [0.15, 0.2) is 23.1 Å². The van der Waals surface area contributed by atoms with E-state index in [0.717, 1.165) is 6.07 Å². The number of aliphatic carboxylic acids is 1. The third-order valence-corrected chi connectivity index (χ3v) is 7.13. The fourth-order valence-electron chi connectivity index (χ4n) is 4.43. The van der Waals surface area contributed by atoms with Crippen LogP contribution in [0.3, 0.4) is 0 Å². The zero-order valence-electron chi connectivity index (χ0n) is 23.0. The average Bonchev–Trinajstić information content (AvgIpc) is 3.79. The average molecular weight is 632 g/mol. The Morgan fingerprint density at radius 3 is 2.32 bits per heavy atom. The minimum atomic E-state index is -1.25. The fraction of sp³-hybridized carbons (Fsp3) is 0.226. The van der Waals surface area contributed by atoms with Crippen LogP contribution in [0.4, 0.5) is 15.8 Å². The quantitative estimate of drug-likeness (QED) is 0.102. The summed E-state index contributed by atoms with van der Waals surface area (Å²) in [5.74, 6) is -1.69. The van der Waals surface area contributed by atoms with Crippen molar-refractivity contribution in [2.45, 2.75) is 25.7 Å². The molecule has 3 N–H and O–H groups in total. The Morgan fingerprint density at radius 2 is 1.68 bits per heavy atom. The van der Waals surface area contributed by atoms with Gasteiger partial charge in [0.1, 0.15) is 11.2 Å². The number of benzene rings is 3. The molecular weight excluding hydrogens is 604 g/mol. The van der Waals surface area contributed by atoms with Crippen LogP contribution in [0, 0.1) is 11.2 Å². The van der Waals surface area contributed by atoms with E-state index < -0.39 is 29.0 Å². The van der Waals surface area contributed by atoms with Crippen molar-refractivity contribution in [2.75, 3.05) is 24.4 Å². The number of halogens is 2. The first-order chi connectivity index (χ1) is 20.7. The molecule has 1 aliphatic carbocycles. The number of carboxylic acid groups (broad SMARTS) is 1. The summed E-state index contributed by atoms with van der Waals surface area (Å²) < 4.78 is 32.1. The van der Waals surface area contributed by atoms with Gasteiger partial charge in [0, 0.05) is 46.5 Å². The Kier molecular flexibility index (Phi) is 10.7. The summed E-state index contributed by atoms with van der Waals surface area (Å²) in [5.41, 5.74) is -0.115. The zero-order valence-corrected chi connectivity index (χ0v) is 23.7. The maximum atomic E-state index is 15.2. The third-order valence-electron chi connectivity index (χ3n) is 6.89. The molecule has 1 saturated carbocycles. The van der Waals surface area contributed by atoms with Gasteiger partial charge in [0.2, 0.25) is 11.8 Å². The van der Waals surface area contributed by atoms with Gasteiger partial charge < -0.3 is 30.0 Å². The summed E-state index contributed by atoms with van der Waals surface area (Å²) >= 11 is 5.98. The maximum absolute atomic E-state index is 15.2. The number of anilines is 2. The van der Waals surface area contributed by atoms with Crippen molar-refractivity contribution in [3.05, 3.63) is 77.7 Å². The Labute approximate surface area is 279 Å². The molecule has 3 aromatic carbocycles. The number of carboxylic acids is 1. The minimum absolute atomic E-state index is 0. The molecule has 0 unspecified atom stereocenters. The number of nitrogens with zero attached hydrogens (tertiary/aromatic N) is 1. The number of carbonyl (C=O) groups is 3. The molecule has 0 aliphatic heterocycles. The zero-order chi connectivity index (χ0) is 30.6. The molecule has 0 spiro atoms. The van der Waals surface area contributed by atoms with E-state index in [4.69, 9.17) is 30.9 Å². The summed E-state index contributed by atoms with van der Waals surface area (Å²) in [6, 6.07) is 15.4. The van der Waals surface area contributed by atoms with Crippen molar-refractivity contribution in [3.8, 4) is 23.0 Å². The number of nitrogens with one attached hydrogen (secondary N) is 2. The number of hydrogen-bond acceptors (Lipinski definition) is 7. The number of amides is 2. The summed E-state index contributed by atoms with van der Waals surface area (Å²) in [7, 11) is 1.46. The van der Waals surface area contributed by atoms with Crippen LogP contribution in [0.5, 0.6) is 23.0 Å².